The van der Waals surface area contributed by atoms with E-state index in [1.807, 2.05) is 32.1 Å². The molecule has 0 N–H and O–H groups in total. The van der Waals surface area contributed by atoms with E-state index in [1.165, 1.54) is 6.42 Å². The minimum Gasteiger partial charge on any atom is -0.481 e. The molecule has 3 nitrogen and oxygen atoms in total. The zero-order valence-electron chi connectivity index (χ0n) is 11.7. The van der Waals surface area contributed by atoms with Gasteiger partial charge >= 0.3 is 0 Å². The second kappa shape index (κ2) is 7.88. The number of nitrogens with zero attached hydrogens (tertiary/aromatic N) is 2. The van der Waals surface area contributed by atoms with Crippen LogP contribution in [0.5, 0.6) is 5.88 Å². The fourth-order valence-corrected chi connectivity index (χ4v) is 2.19. The van der Waals surface area contributed by atoms with Crippen LogP contribution in [0, 0.1) is 0 Å². The molecule has 1 fully saturated rings. The van der Waals surface area contributed by atoms with Gasteiger partial charge in [0.05, 0.1) is 7.11 Å². The van der Waals surface area contributed by atoms with Crippen LogP contribution < -0.4 is 4.74 Å². The summed E-state index contributed by atoms with van der Waals surface area (Å²) in [5.74, 6) is 1.25. The summed E-state index contributed by atoms with van der Waals surface area (Å²) in [6, 6.07) is 5.99. The Labute approximate surface area is 110 Å². The van der Waals surface area contributed by atoms with Gasteiger partial charge < -0.3 is 4.74 Å². The molecular weight excluding hydrogens is 224 g/mol. The van der Waals surface area contributed by atoms with E-state index in [0.717, 1.165) is 25.3 Å². The zero-order valence-corrected chi connectivity index (χ0v) is 11.7. The summed E-state index contributed by atoms with van der Waals surface area (Å²) in [7, 11) is 1.66. The van der Waals surface area contributed by atoms with E-state index in [1.54, 1.807) is 7.11 Å². The van der Waals surface area contributed by atoms with Crippen molar-refractivity contribution in [3.05, 3.63) is 36.5 Å². The molecule has 1 aromatic rings. The lowest BCUT2D eigenvalue weighted by Crippen LogP contribution is -2.20. The van der Waals surface area contributed by atoms with Crippen molar-refractivity contribution < 1.29 is 4.74 Å². The van der Waals surface area contributed by atoms with E-state index in [2.05, 4.69) is 22.5 Å². The second-order valence-corrected chi connectivity index (χ2v) is 4.14. The average Bonchev–Trinajstić information content (AvgIpc) is 2.90. The molecule has 1 aliphatic heterocycles. The lowest BCUT2D eigenvalue weighted by Gasteiger charge is -2.13. The van der Waals surface area contributed by atoms with E-state index in [0.29, 0.717) is 11.8 Å². The second-order valence-electron chi connectivity index (χ2n) is 4.14. The van der Waals surface area contributed by atoms with Crippen LogP contribution in [0.2, 0.25) is 0 Å². The third-order valence-corrected chi connectivity index (χ3v) is 3.03. The molecule has 2 rings (SSSR count). The van der Waals surface area contributed by atoms with Gasteiger partial charge in [0, 0.05) is 30.8 Å². The van der Waals surface area contributed by atoms with Crippen LogP contribution in [-0.4, -0.2) is 36.6 Å². The first-order valence-corrected chi connectivity index (χ1v) is 6.67. The standard InChI is InChI=1S/C13H18N2O.C2H6/c1-3-8-15-9-7-11(10-15)12-5-4-6-13(14-12)16-2;1-2/h3-6,11H,1,7-10H2,2H3;1-2H3. The van der Waals surface area contributed by atoms with E-state index in [4.69, 9.17) is 4.74 Å². The number of methoxy groups -OCH3 is 1. The normalized spacial score (nSPS) is 18.9. The van der Waals surface area contributed by atoms with Gasteiger partial charge in [-0.2, -0.15) is 0 Å². The van der Waals surface area contributed by atoms with E-state index in [-0.39, 0.29) is 0 Å². The van der Waals surface area contributed by atoms with Gasteiger partial charge in [-0.05, 0) is 19.0 Å². The molecule has 1 unspecified atom stereocenters. The molecule has 0 aliphatic carbocycles. The SMILES string of the molecule is C=CCN1CCC(c2cccc(OC)n2)C1.CC. The molecule has 1 saturated heterocycles. The number of aromatic nitrogens is 1. The Morgan fingerprint density at radius 3 is 2.94 bits per heavy atom. The monoisotopic (exact) mass is 248 g/mol. The number of pyridine rings is 1. The first kappa shape index (κ1) is 14.7. The number of hydrogen-bond donors (Lipinski definition) is 0. The maximum Gasteiger partial charge on any atom is 0.213 e. The minimum absolute atomic E-state index is 0.537. The Hall–Kier alpha value is -1.35. The van der Waals surface area contributed by atoms with Crippen molar-refractivity contribution in [1.82, 2.24) is 9.88 Å². The summed E-state index contributed by atoms with van der Waals surface area (Å²) in [4.78, 5) is 6.89. The lowest BCUT2D eigenvalue weighted by molar-refractivity contribution is 0.369. The topological polar surface area (TPSA) is 25.4 Å². The quantitative estimate of drug-likeness (QED) is 0.766. The van der Waals surface area contributed by atoms with Crippen LogP contribution in [0.4, 0.5) is 0 Å². The van der Waals surface area contributed by atoms with Crippen molar-refractivity contribution in [3.63, 3.8) is 0 Å². The third kappa shape index (κ3) is 3.84. The summed E-state index contributed by atoms with van der Waals surface area (Å²) < 4.78 is 5.15. The molecule has 3 heteroatoms. The molecule has 0 amide bonds. The van der Waals surface area contributed by atoms with E-state index >= 15 is 0 Å². The van der Waals surface area contributed by atoms with Crippen LogP contribution in [-0.2, 0) is 0 Å². The number of hydrogen-bond acceptors (Lipinski definition) is 3. The van der Waals surface area contributed by atoms with E-state index in [9.17, 15) is 0 Å². The minimum atomic E-state index is 0.537. The fraction of sp³-hybridized carbons (Fsp3) is 0.533. The smallest absolute Gasteiger partial charge is 0.213 e. The Morgan fingerprint density at radius 1 is 1.50 bits per heavy atom. The van der Waals surface area contributed by atoms with Crippen molar-refractivity contribution >= 4 is 0 Å². The Morgan fingerprint density at radius 2 is 2.28 bits per heavy atom. The molecule has 1 atom stereocenters. The maximum atomic E-state index is 5.15. The van der Waals surface area contributed by atoms with Gasteiger partial charge in [-0.3, -0.25) is 4.90 Å². The van der Waals surface area contributed by atoms with Crippen molar-refractivity contribution in [1.29, 1.82) is 0 Å². The molecule has 1 aliphatic rings. The predicted molar refractivity (Wildman–Crippen MR) is 76.1 cm³/mol. The molecule has 1 aromatic heterocycles. The molecule has 0 bridgehead atoms. The highest BCUT2D eigenvalue weighted by atomic mass is 16.5. The highest BCUT2D eigenvalue weighted by molar-refractivity contribution is 5.19. The molecule has 2 heterocycles. The van der Waals surface area contributed by atoms with Gasteiger partial charge in [-0.15, -0.1) is 6.58 Å². The average molecular weight is 248 g/mol. The van der Waals surface area contributed by atoms with Crippen molar-refractivity contribution in [2.24, 2.45) is 0 Å². The Bertz CT molecular complexity index is 365. The number of ether oxygens (including phenoxy) is 1. The summed E-state index contributed by atoms with van der Waals surface area (Å²) >= 11 is 0. The summed E-state index contributed by atoms with van der Waals surface area (Å²) in [5.41, 5.74) is 1.14. The largest absolute Gasteiger partial charge is 0.481 e. The molecule has 100 valence electrons. The lowest BCUT2D eigenvalue weighted by atomic mass is 10.0. The van der Waals surface area contributed by atoms with Gasteiger partial charge in [0.15, 0.2) is 0 Å². The van der Waals surface area contributed by atoms with Crippen molar-refractivity contribution in [2.75, 3.05) is 26.7 Å². The van der Waals surface area contributed by atoms with Gasteiger partial charge in [-0.25, -0.2) is 4.98 Å². The number of likely N-dealkylation sites (tertiary alicyclic amines) is 1. The van der Waals surface area contributed by atoms with Crippen LogP contribution in [0.1, 0.15) is 31.9 Å². The first-order valence-electron chi connectivity index (χ1n) is 6.67. The molecular formula is C15H24N2O. The van der Waals surface area contributed by atoms with Crippen molar-refractivity contribution in [3.8, 4) is 5.88 Å². The predicted octanol–water partition coefficient (Wildman–Crippen LogP) is 3.09. The first-order chi connectivity index (χ1) is 8.83. The highest BCUT2D eigenvalue weighted by Gasteiger charge is 2.23. The Balaban J connectivity index is 0.000000771. The molecule has 0 radical (unpaired) electrons. The fourth-order valence-electron chi connectivity index (χ4n) is 2.19. The van der Waals surface area contributed by atoms with Crippen molar-refractivity contribution in [2.45, 2.75) is 26.2 Å². The molecule has 0 spiro atoms. The summed E-state index contributed by atoms with van der Waals surface area (Å²) in [6.07, 6.45) is 3.13. The molecule has 0 aromatic carbocycles. The maximum absolute atomic E-state index is 5.15. The van der Waals surface area contributed by atoms with Crippen LogP contribution >= 0.6 is 0 Å². The van der Waals surface area contributed by atoms with Gasteiger partial charge in [-0.1, -0.05) is 26.0 Å². The van der Waals surface area contributed by atoms with E-state index < -0.39 is 0 Å². The van der Waals surface area contributed by atoms with Crippen LogP contribution in [0.15, 0.2) is 30.9 Å². The van der Waals surface area contributed by atoms with Gasteiger partial charge in [0.25, 0.3) is 0 Å². The third-order valence-electron chi connectivity index (χ3n) is 3.03. The summed E-state index contributed by atoms with van der Waals surface area (Å²) in [6.45, 7) is 11.0. The van der Waals surface area contributed by atoms with Gasteiger partial charge in [0.2, 0.25) is 5.88 Å². The molecule has 18 heavy (non-hydrogen) atoms. The van der Waals surface area contributed by atoms with Crippen LogP contribution in [0.3, 0.4) is 0 Å². The summed E-state index contributed by atoms with van der Waals surface area (Å²) in [5, 5.41) is 0. The van der Waals surface area contributed by atoms with Gasteiger partial charge in [0.1, 0.15) is 0 Å². The highest BCUT2D eigenvalue weighted by Crippen LogP contribution is 2.26. The van der Waals surface area contributed by atoms with Crippen LogP contribution in [0.25, 0.3) is 0 Å². The number of rotatable bonds is 4. The molecule has 0 saturated carbocycles. The zero-order chi connectivity index (χ0) is 13.4. The Kier molecular flexibility index (Phi) is 6.44.